The van der Waals surface area contributed by atoms with Crippen molar-refractivity contribution in [1.29, 1.82) is 0 Å². The van der Waals surface area contributed by atoms with Crippen LogP contribution in [0, 0.1) is 0 Å². The summed E-state index contributed by atoms with van der Waals surface area (Å²) in [6.45, 7) is 7.83. The number of likely N-dealkylation sites (N-methyl/N-ethyl adjacent to an activating group) is 1. The molecule has 10 heteroatoms. The van der Waals surface area contributed by atoms with Crippen LogP contribution < -0.4 is 9.80 Å². The van der Waals surface area contributed by atoms with Gasteiger partial charge < -0.3 is 14.7 Å². The van der Waals surface area contributed by atoms with Gasteiger partial charge in [-0.2, -0.15) is 4.31 Å². The minimum absolute atomic E-state index is 0.0461. The van der Waals surface area contributed by atoms with Crippen LogP contribution >= 0.6 is 0 Å². The van der Waals surface area contributed by atoms with Gasteiger partial charge in [0, 0.05) is 45.8 Å². The van der Waals surface area contributed by atoms with Gasteiger partial charge in [0.2, 0.25) is 21.8 Å². The lowest BCUT2D eigenvalue weighted by Crippen LogP contribution is -2.58. The number of hydrogen-bond acceptors (Lipinski definition) is 6. The fourth-order valence-electron chi connectivity index (χ4n) is 5.69. The Morgan fingerprint density at radius 1 is 0.941 bits per heavy atom. The van der Waals surface area contributed by atoms with E-state index in [9.17, 15) is 18.0 Å². The van der Waals surface area contributed by atoms with Gasteiger partial charge >= 0.3 is 0 Å². The third kappa shape index (κ3) is 4.20. The molecule has 5 rings (SSSR count). The van der Waals surface area contributed by atoms with Crippen LogP contribution in [-0.2, 0) is 19.6 Å². The number of carbonyl (C=O) groups excluding carboxylic acids is 2. The third-order valence-electron chi connectivity index (χ3n) is 7.77. The van der Waals surface area contributed by atoms with Crippen LogP contribution in [0.25, 0.3) is 0 Å². The lowest BCUT2D eigenvalue weighted by molar-refractivity contribution is -0.133. The molecule has 3 fully saturated rings. The quantitative estimate of drug-likeness (QED) is 0.621. The molecule has 0 bridgehead atoms. The van der Waals surface area contributed by atoms with Gasteiger partial charge in [-0.3, -0.25) is 14.5 Å². The van der Waals surface area contributed by atoms with E-state index in [0.717, 1.165) is 64.0 Å². The summed E-state index contributed by atoms with van der Waals surface area (Å²) < 4.78 is 28.0. The normalized spacial score (nSPS) is 24.3. The van der Waals surface area contributed by atoms with Gasteiger partial charge in [0.1, 0.15) is 12.6 Å². The van der Waals surface area contributed by atoms with Gasteiger partial charge in [0.15, 0.2) is 0 Å². The van der Waals surface area contributed by atoms with E-state index in [-0.39, 0.29) is 29.3 Å². The molecule has 4 aliphatic rings. The minimum atomic E-state index is -3.62. The zero-order valence-electron chi connectivity index (χ0n) is 20.0. The maximum Gasteiger partial charge on any atom is 0.250 e. The largest absolute Gasteiger partial charge is 0.358 e. The average Bonchev–Trinajstić information content (AvgIpc) is 3.42. The van der Waals surface area contributed by atoms with Crippen LogP contribution in [0.2, 0.25) is 0 Å². The SMILES string of the molecule is CCN1CCN(C(=O)CN2C(=O)[C@@H]3CCCCN3c3ccc(S(=O)(=O)N4CCCC4)cc32)CC1. The van der Waals surface area contributed by atoms with Crippen molar-refractivity contribution >= 4 is 33.2 Å². The van der Waals surface area contributed by atoms with Crippen molar-refractivity contribution in [1.82, 2.24) is 14.1 Å². The molecule has 4 aliphatic heterocycles. The van der Waals surface area contributed by atoms with E-state index >= 15 is 0 Å². The zero-order valence-corrected chi connectivity index (χ0v) is 20.8. The van der Waals surface area contributed by atoms with Crippen LogP contribution in [0.5, 0.6) is 0 Å². The van der Waals surface area contributed by atoms with Gasteiger partial charge in [-0.15, -0.1) is 0 Å². The number of hydrogen-bond donors (Lipinski definition) is 0. The Balaban J connectivity index is 1.46. The Morgan fingerprint density at radius 3 is 2.35 bits per heavy atom. The molecule has 0 N–H and O–H groups in total. The smallest absolute Gasteiger partial charge is 0.250 e. The number of piperidine rings is 1. The van der Waals surface area contributed by atoms with Gasteiger partial charge in [-0.1, -0.05) is 6.92 Å². The maximum absolute atomic E-state index is 13.6. The van der Waals surface area contributed by atoms with E-state index in [1.54, 1.807) is 17.0 Å². The van der Waals surface area contributed by atoms with E-state index in [4.69, 9.17) is 0 Å². The molecule has 0 aliphatic carbocycles. The predicted molar refractivity (Wildman–Crippen MR) is 130 cm³/mol. The van der Waals surface area contributed by atoms with E-state index in [0.29, 0.717) is 31.9 Å². The fraction of sp³-hybridized carbons (Fsp3) is 0.667. The highest BCUT2D eigenvalue weighted by atomic mass is 32.2. The van der Waals surface area contributed by atoms with Crippen molar-refractivity contribution in [2.45, 2.75) is 50.0 Å². The van der Waals surface area contributed by atoms with Gasteiger partial charge in [0.05, 0.1) is 16.3 Å². The summed E-state index contributed by atoms with van der Waals surface area (Å²) in [6.07, 6.45) is 4.46. The topological polar surface area (TPSA) is 84.5 Å². The van der Waals surface area contributed by atoms with Crippen LogP contribution in [-0.4, -0.2) is 99.3 Å². The molecule has 0 aromatic heterocycles. The number of nitrogens with zero attached hydrogens (tertiary/aromatic N) is 5. The van der Waals surface area contributed by atoms with Crippen molar-refractivity contribution in [3.05, 3.63) is 18.2 Å². The molecule has 0 saturated carbocycles. The number of rotatable bonds is 5. The highest BCUT2D eigenvalue weighted by Gasteiger charge is 2.41. The molecule has 1 aromatic carbocycles. The average molecular weight is 490 g/mol. The Hall–Kier alpha value is -2.17. The number of piperazine rings is 1. The number of amides is 2. The Kier molecular flexibility index (Phi) is 6.56. The number of benzene rings is 1. The zero-order chi connectivity index (χ0) is 23.9. The number of fused-ring (bicyclic) bond motifs is 3. The Labute approximate surface area is 202 Å². The molecule has 1 aromatic rings. The van der Waals surface area contributed by atoms with E-state index in [1.807, 2.05) is 11.0 Å². The summed E-state index contributed by atoms with van der Waals surface area (Å²) >= 11 is 0. The lowest BCUT2D eigenvalue weighted by Gasteiger charge is -2.45. The van der Waals surface area contributed by atoms with Crippen molar-refractivity contribution in [3.8, 4) is 0 Å². The van der Waals surface area contributed by atoms with Crippen LogP contribution in [0.1, 0.15) is 39.0 Å². The molecule has 0 radical (unpaired) electrons. The van der Waals surface area contributed by atoms with Crippen LogP contribution in [0.4, 0.5) is 11.4 Å². The van der Waals surface area contributed by atoms with Gasteiger partial charge in [-0.25, -0.2) is 8.42 Å². The fourth-order valence-corrected chi connectivity index (χ4v) is 7.23. The molecule has 0 unspecified atom stereocenters. The molecule has 34 heavy (non-hydrogen) atoms. The van der Waals surface area contributed by atoms with Gasteiger partial charge in [0.25, 0.3) is 0 Å². The summed E-state index contributed by atoms with van der Waals surface area (Å²) in [5, 5.41) is 0. The summed E-state index contributed by atoms with van der Waals surface area (Å²) in [5.41, 5.74) is 1.40. The Morgan fingerprint density at radius 2 is 1.65 bits per heavy atom. The molecular formula is C24H35N5O4S. The standard InChI is InChI=1S/C24H35N5O4S/c1-2-25-13-15-26(16-14-25)23(30)18-29-22-17-19(34(32,33)27-10-5-6-11-27)8-9-20(22)28-12-4-3-7-21(28)24(29)31/h8-9,17,21H,2-7,10-16,18H2,1H3/t21-/m0/s1. The van der Waals surface area contributed by atoms with Crippen molar-refractivity contribution in [2.75, 3.05) is 68.7 Å². The highest BCUT2D eigenvalue weighted by Crippen LogP contribution is 2.41. The number of sulfonamides is 1. The van der Waals surface area contributed by atoms with Crippen molar-refractivity contribution < 1.29 is 18.0 Å². The van der Waals surface area contributed by atoms with Crippen LogP contribution in [0.3, 0.4) is 0 Å². The molecule has 1 atom stereocenters. The number of carbonyl (C=O) groups is 2. The predicted octanol–water partition coefficient (Wildman–Crippen LogP) is 1.34. The van der Waals surface area contributed by atoms with Crippen LogP contribution in [0.15, 0.2) is 23.1 Å². The first-order chi connectivity index (χ1) is 16.4. The second-order valence-electron chi connectivity index (χ2n) is 9.71. The maximum atomic E-state index is 13.6. The summed E-state index contributed by atoms with van der Waals surface area (Å²) in [5.74, 6) is -0.171. The molecule has 3 saturated heterocycles. The highest BCUT2D eigenvalue weighted by molar-refractivity contribution is 7.89. The minimum Gasteiger partial charge on any atom is -0.358 e. The summed E-state index contributed by atoms with van der Waals surface area (Å²) in [6, 6.07) is 4.83. The second-order valence-corrected chi connectivity index (χ2v) is 11.6. The van der Waals surface area contributed by atoms with Crippen molar-refractivity contribution in [2.24, 2.45) is 0 Å². The first-order valence-electron chi connectivity index (χ1n) is 12.6. The monoisotopic (exact) mass is 489 g/mol. The molecule has 2 amide bonds. The van der Waals surface area contributed by atoms with Crippen molar-refractivity contribution in [3.63, 3.8) is 0 Å². The summed E-state index contributed by atoms with van der Waals surface area (Å²) in [7, 11) is -3.62. The summed E-state index contributed by atoms with van der Waals surface area (Å²) in [4.78, 5) is 34.8. The third-order valence-corrected chi connectivity index (χ3v) is 9.66. The second kappa shape index (κ2) is 9.47. The van der Waals surface area contributed by atoms with E-state index < -0.39 is 10.0 Å². The lowest BCUT2D eigenvalue weighted by atomic mass is 9.96. The number of anilines is 2. The first-order valence-corrected chi connectivity index (χ1v) is 14.1. The van der Waals surface area contributed by atoms with E-state index in [2.05, 4.69) is 16.7 Å². The first kappa shape index (κ1) is 23.6. The van der Waals surface area contributed by atoms with Gasteiger partial charge in [-0.05, 0) is 56.8 Å². The molecular weight excluding hydrogens is 454 g/mol. The molecule has 186 valence electrons. The molecule has 9 nitrogen and oxygen atoms in total. The Bertz CT molecular complexity index is 1050. The molecule has 4 heterocycles. The van der Waals surface area contributed by atoms with E-state index in [1.165, 1.54) is 4.31 Å². The molecule has 0 spiro atoms.